The normalized spacial score (nSPS) is 12.6. The molecule has 0 aliphatic carbocycles. The van der Waals surface area contributed by atoms with E-state index in [9.17, 15) is 4.79 Å². The number of hydrogen-bond acceptors (Lipinski definition) is 3. The van der Waals surface area contributed by atoms with E-state index in [4.69, 9.17) is 21.1 Å². The van der Waals surface area contributed by atoms with Crippen molar-refractivity contribution in [1.29, 1.82) is 0 Å². The molecule has 3 rings (SSSR count). The summed E-state index contributed by atoms with van der Waals surface area (Å²) in [6, 6.07) is 13.0. The van der Waals surface area contributed by atoms with Crippen LogP contribution in [-0.4, -0.2) is 19.7 Å². The van der Waals surface area contributed by atoms with Gasteiger partial charge >= 0.3 is 0 Å². The van der Waals surface area contributed by atoms with Crippen molar-refractivity contribution in [3.8, 4) is 11.5 Å². The summed E-state index contributed by atoms with van der Waals surface area (Å²) in [5.41, 5.74) is 1.62. The van der Waals surface area contributed by atoms with Gasteiger partial charge in [-0.3, -0.25) is 4.79 Å². The third-order valence-electron chi connectivity index (χ3n) is 3.34. The Bertz CT molecular complexity index is 728. The first kappa shape index (κ1) is 14.5. The zero-order valence-electron chi connectivity index (χ0n) is 12.0. The van der Waals surface area contributed by atoms with Crippen molar-refractivity contribution in [1.82, 2.24) is 0 Å². The van der Waals surface area contributed by atoms with E-state index < -0.39 is 0 Å². The number of likely N-dealkylation sites (N-methyl/N-ethyl adjacent to an activating group) is 1. The molecule has 2 aromatic rings. The zero-order valence-corrected chi connectivity index (χ0v) is 12.7. The van der Waals surface area contributed by atoms with Crippen LogP contribution in [0.1, 0.15) is 5.56 Å². The summed E-state index contributed by atoms with van der Waals surface area (Å²) in [4.78, 5) is 13.8. The number of para-hydroxylation sites is 1. The maximum Gasteiger partial charge on any atom is 0.250 e. The summed E-state index contributed by atoms with van der Waals surface area (Å²) in [7, 11) is 1.73. The molecule has 112 valence electrons. The van der Waals surface area contributed by atoms with Gasteiger partial charge in [-0.15, -0.1) is 0 Å². The van der Waals surface area contributed by atoms with Crippen molar-refractivity contribution in [3.05, 3.63) is 59.1 Å². The summed E-state index contributed by atoms with van der Waals surface area (Å²) >= 11 is 6.11. The van der Waals surface area contributed by atoms with E-state index in [2.05, 4.69) is 0 Å². The molecule has 0 spiro atoms. The first-order chi connectivity index (χ1) is 10.6. The second kappa shape index (κ2) is 6.12. The highest BCUT2D eigenvalue weighted by atomic mass is 35.5. The molecule has 0 saturated heterocycles. The summed E-state index contributed by atoms with van der Waals surface area (Å²) in [5.74, 6) is 1.02. The van der Waals surface area contributed by atoms with Crippen LogP contribution in [0.4, 0.5) is 5.69 Å². The molecule has 22 heavy (non-hydrogen) atoms. The Labute approximate surface area is 133 Å². The Hall–Kier alpha value is -2.46. The van der Waals surface area contributed by atoms with Gasteiger partial charge in [-0.05, 0) is 35.9 Å². The summed E-state index contributed by atoms with van der Waals surface area (Å²) in [6.07, 6.45) is 3.20. The van der Waals surface area contributed by atoms with E-state index in [0.717, 1.165) is 11.3 Å². The summed E-state index contributed by atoms with van der Waals surface area (Å²) in [6.45, 7) is 0.165. The van der Waals surface area contributed by atoms with Gasteiger partial charge in [0.25, 0.3) is 5.91 Å². The number of anilines is 1. The van der Waals surface area contributed by atoms with Crippen LogP contribution in [0.5, 0.6) is 11.5 Å². The maximum atomic E-state index is 12.2. The van der Waals surface area contributed by atoms with Crippen molar-refractivity contribution in [2.75, 3.05) is 18.7 Å². The third kappa shape index (κ3) is 2.92. The Morgan fingerprint density at radius 2 is 2.00 bits per heavy atom. The number of halogens is 1. The molecule has 5 heteroatoms. The van der Waals surface area contributed by atoms with Gasteiger partial charge in [0, 0.05) is 18.8 Å². The van der Waals surface area contributed by atoms with Gasteiger partial charge in [0.15, 0.2) is 11.5 Å². The number of benzene rings is 2. The minimum Gasteiger partial charge on any atom is -0.454 e. The van der Waals surface area contributed by atoms with Crippen LogP contribution in [-0.2, 0) is 4.79 Å². The van der Waals surface area contributed by atoms with Crippen molar-refractivity contribution in [2.45, 2.75) is 0 Å². The van der Waals surface area contributed by atoms with Crippen LogP contribution in [0, 0.1) is 0 Å². The van der Waals surface area contributed by atoms with E-state index in [1.165, 1.54) is 6.08 Å². The molecule has 1 heterocycles. The molecule has 0 N–H and O–H groups in total. The molecule has 0 fully saturated rings. The van der Waals surface area contributed by atoms with Crippen LogP contribution < -0.4 is 14.4 Å². The van der Waals surface area contributed by atoms with Crippen LogP contribution in [0.3, 0.4) is 0 Å². The second-order valence-corrected chi connectivity index (χ2v) is 5.21. The zero-order chi connectivity index (χ0) is 15.5. The van der Waals surface area contributed by atoms with Gasteiger partial charge in [-0.25, -0.2) is 0 Å². The molecule has 0 bridgehead atoms. The lowest BCUT2D eigenvalue weighted by molar-refractivity contribution is -0.113. The van der Waals surface area contributed by atoms with Crippen LogP contribution in [0.15, 0.2) is 48.5 Å². The Morgan fingerprint density at radius 3 is 2.77 bits per heavy atom. The molecule has 0 saturated carbocycles. The topological polar surface area (TPSA) is 38.8 Å². The highest BCUT2D eigenvalue weighted by Crippen LogP contribution is 2.40. The van der Waals surface area contributed by atoms with Crippen molar-refractivity contribution >= 4 is 29.3 Å². The van der Waals surface area contributed by atoms with Crippen molar-refractivity contribution in [2.24, 2.45) is 0 Å². The number of hydrogen-bond donors (Lipinski definition) is 0. The highest BCUT2D eigenvalue weighted by Gasteiger charge is 2.17. The van der Waals surface area contributed by atoms with Gasteiger partial charge in [-0.2, -0.15) is 0 Å². The molecular weight excluding hydrogens is 302 g/mol. The maximum absolute atomic E-state index is 12.2. The Morgan fingerprint density at radius 1 is 1.23 bits per heavy atom. The predicted octanol–water partition coefficient (Wildman–Crippen LogP) is 3.74. The first-order valence-corrected chi connectivity index (χ1v) is 7.13. The fourth-order valence-corrected chi connectivity index (χ4v) is 2.42. The van der Waals surface area contributed by atoms with E-state index in [1.54, 1.807) is 30.2 Å². The molecule has 2 aromatic carbocycles. The second-order valence-electron chi connectivity index (χ2n) is 4.80. The Kier molecular flexibility index (Phi) is 4.02. The van der Waals surface area contributed by atoms with Gasteiger partial charge < -0.3 is 14.4 Å². The molecule has 0 atom stereocenters. The quantitative estimate of drug-likeness (QED) is 0.810. The lowest BCUT2D eigenvalue weighted by Gasteiger charge is -2.14. The smallest absolute Gasteiger partial charge is 0.250 e. The highest BCUT2D eigenvalue weighted by molar-refractivity contribution is 6.32. The lowest BCUT2D eigenvalue weighted by atomic mass is 10.2. The number of ether oxygens (including phenoxy) is 2. The lowest BCUT2D eigenvalue weighted by Crippen LogP contribution is -2.23. The molecule has 0 aromatic heterocycles. The molecule has 4 nitrogen and oxygen atoms in total. The van der Waals surface area contributed by atoms with Crippen LogP contribution in [0.25, 0.3) is 6.08 Å². The number of carbonyl (C=O) groups excluding carboxylic acids is 1. The first-order valence-electron chi connectivity index (χ1n) is 6.75. The average molecular weight is 316 g/mol. The van der Waals surface area contributed by atoms with E-state index in [-0.39, 0.29) is 12.7 Å². The molecular formula is C17H14ClNO3. The minimum absolute atomic E-state index is 0.125. The fourth-order valence-electron chi connectivity index (χ4n) is 2.14. The standard InChI is InChI=1S/C17H14ClNO3/c1-19(13-5-3-2-4-6-13)16(20)8-7-12-9-14(18)17-15(10-12)21-11-22-17/h2-10H,11H2,1H3. The SMILES string of the molecule is CN(C(=O)C=Cc1cc(Cl)c2c(c1)OCO2)c1ccccc1. The minimum atomic E-state index is -0.125. The summed E-state index contributed by atoms with van der Waals surface area (Å²) < 4.78 is 10.6. The number of nitrogens with zero attached hydrogens (tertiary/aromatic N) is 1. The van der Waals surface area contributed by atoms with Crippen molar-refractivity contribution in [3.63, 3.8) is 0 Å². The largest absolute Gasteiger partial charge is 0.454 e. The molecule has 1 aliphatic heterocycles. The van der Waals surface area contributed by atoms with E-state index in [1.807, 2.05) is 30.3 Å². The monoisotopic (exact) mass is 315 g/mol. The summed E-state index contributed by atoms with van der Waals surface area (Å²) in [5, 5.41) is 0.471. The van der Waals surface area contributed by atoms with Crippen LogP contribution in [0.2, 0.25) is 5.02 Å². The van der Waals surface area contributed by atoms with Crippen molar-refractivity contribution < 1.29 is 14.3 Å². The van der Waals surface area contributed by atoms with Gasteiger partial charge in [0.1, 0.15) is 0 Å². The molecule has 1 amide bonds. The number of carbonyl (C=O) groups is 1. The van der Waals surface area contributed by atoms with Gasteiger partial charge in [0.05, 0.1) is 5.02 Å². The number of fused-ring (bicyclic) bond motifs is 1. The Balaban J connectivity index is 1.77. The van der Waals surface area contributed by atoms with Gasteiger partial charge in [0.2, 0.25) is 6.79 Å². The van der Waals surface area contributed by atoms with Crippen LogP contribution >= 0.6 is 11.6 Å². The van der Waals surface area contributed by atoms with E-state index in [0.29, 0.717) is 16.5 Å². The molecule has 0 radical (unpaired) electrons. The number of amides is 1. The number of rotatable bonds is 3. The predicted molar refractivity (Wildman–Crippen MR) is 86.5 cm³/mol. The van der Waals surface area contributed by atoms with E-state index >= 15 is 0 Å². The third-order valence-corrected chi connectivity index (χ3v) is 3.62. The molecule has 0 unspecified atom stereocenters. The average Bonchev–Trinajstić information content (AvgIpc) is 3.02. The molecule has 1 aliphatic rings. The van der Waals surface area contributed by atoms with Gasteiger partial charge in [-0.1, -0.05) is 29.8 Å². The fraction of sp³-hybridized carbons (Fsp3) is 0.118.